The van der Waals surface area contributed by atoms with Gasteiger partial charge in [-0.3, -0.25) is 0 Å². The van der Waals surface area contributed by atoms with Crippen LogP contribution in [0.25, 0.3) is 22.2 Å². The first-order valence-corrected chi connectivity index (χ1v) is 12.5. The lowest BCUT2D eigenvalue weighted by atomic mass is 9.96. The smallest absolute Gasteiger partial charge is 0.417 e. The normalized spacial score (nSPS) is 16.2. The zero-order valence-electron chi connectivity index (χ0n) is 21.8. The first-order chi connectivity index (χ1) is 19.0. The SMILES string of the molecule is Cc1c(F)c(N)cc(-c2nc3c4c(nc(OCCOCCO)nc4c2F)NCCNCCC(C)O3)c1C(F)(F)F. The van der Waals surface area contributed by atoms with Crippen LogP contribution in [0.2, 0.25) is 0 Å². The van der Waals surface area contributed by atoms with Gasteiger partial charge in [-0.2, -0.15) is 23.1 Å². The van der Waals surface area contributed by atoms with Crippen LogP contribution in [0.15, 0.2) is 6.07 Å². The molecule has 218 valence electrons. The molecule has 4 rings (SSSR count). The topological polar surface area (TPSA) is 137 Å². The van der Waals surface area contributed by atoms with E-state index in [-0.39, 0.29) is 49.5 Å². The van der Waals surface area contributed by atoms with Crippen LogP contribution in [0, 0.1) is 18.6 Å². The highest BCUT2D eigenvalue weighted by Gasteiger charge is 2.39. The van der Waals surface area contributed by atoms with Gasteiger partial charge in [0.15, 0.2) is 5.82 Å². The summed E-state index contributed by atoms with van der Waals surface area (Å²) in [5.74, 6) is -2.62. The van der Waals surface area contributed by atoms with Crippen LogP contribution in [-0.2, 0) is 10.9 Å². The molecule has 1 unspecified atom stereocenters. The van der Waals surface area contributed by atoms with E-state index >= 15 is 4.39 Å². The fourth-order valence-electron chi connectivity index (χ4n) is 4.26. The average Bonchev–Trinajstić information content (AvgIpc) is 2.92. The van der Waals surface area contributed by atoms with E-state index < -0.39 is 57.5 Å². The minimum absolute atomic E-state index is 0.000699. The monoisotopic (exact) mass is 572 g/mol. The maximum atomic E-state index is 16.2. The maximum absolute atomic E-state index is 16.2. The predicted octanol–water partition coefficient (Wildman–Crippen LogP) is 3.44. The minimum Gasteiger partial charge on any atom is -0.474 e. The molecule has 1 aliphatic rings. The van der Waals surface area contributed by atoms with Crippen molar-refractivity contribution >= 4 is 22.4 Å². The molecule has 0 amide bonds. The van der Waals surface area contributed by atoms with E-state index in [1.165, 1.54) is 0 Å². The molecule has 1 aromatic carbocycles. The number of nitrogens with two attached hydrogens (primary N) is 1. The maximum Gasteiger partial charge on any atom is 0.417 e. The quantitative estimate of drug-likeness (QED) is 0.189. The Kier molecular flexibility index (Phi) is 9.05. The second-order valence-corrected chi connectivity index (χ2v) is 9.06. The molecular formula is C25H29F5N6O4. The number of nitrogens with one attached hydrogen (secondary N) is 2. The van der Waals surface area contributed by atoms with Gasteiger partial charge in [-0.25, -0.2) is 13.8 Å². The number of aromatic nitrogens is 3. The van der Waals surface area contributed by atoms with Crippen molar-refractivity contribution in [3.63, 3.8) is 0 Å². The Morgan fingerprint density at radius 1 is 1.10 bits per heavy atom. The molecule has 5 N–H and O–H groups in total. The average molecular weight is 573 g/mol. The molecule has 0 saturated carbocycles. The Morgan fingerprint density at radius 3 is 2.60 bits per heavy atom. The molecule has 0 aliphatic carbocycles. The zero-order chi connectivity index (χ0) is 29.0. The Balaban J connectivity index is 1.97. The number of anilines is 2. The van der Waals surface area contributed by atoms with Gasteiger partial charge in [0.1, 0.15) is 34.8 Å². The molecule has 1 atom stereocenters. The summed E-state index contributed by atoms with van der Waals surface area (Å²) in [6.45, 7) is 3.98. The van der Waals surface area contributed by atoms with Crippen molar-refractivity contribution in [1.82, 2.24) is 20.3 Å². The standard InChI is InChI=1S/C25H29F5N6O4/c1-12-3-4-32-5-6-33-22-16-21(35-24(36-22)39-10-9-38-8-7-37)19(27)20(34-23(16)40-12)14-11-15(31)18(26)13(2)17(14)25(28,29)30/h11-12,32,37H,3-10,31H2,1-2H3,(H,33,35,36). The van der Waals surface area contributed by atoms with Gasteiger partial charge in [-0.15, -0.1) is 0 Å². The molecule has 0 spiro atoms. The van der Waals surface area contributed by atoms with E-state index in [9.17, 15) is 17.6 Å². The summed E-state index contributed by atoms with van der Waals surface area (Å²) in [5, 5.41) is 15.1. The summed E-state index contributed by atoms with van der Waals surface area (Å²) in [5.41, 5.74) is 0.884. The number of hydrogen-bond donors (Lipinski definition) is 4. The predicted molar refractivity (Wildman–Crippen MR) is 136 cm³/mol. The van der Waals surface area contributed by atoms with Gasteiger partial charge in [0, 0.05) is 18.7 Å². The Labute approximate surface area is 226 Å². The second-order valence-electron chi connectivity index (χ2n) is 9.06. The number of aliphatic hydroxyl groups is 1. The van der Waals surface area contributed by atoms with Crippen molar-refractivity contribution in [2.24, 2.45) is 0 Å². The number of hydrogen-bond acceptors (Lipinski definition) is 10. The number of ether oxygens (including phenoxy) is 3. The number of nitrogens with zero attached hydrogens (tertiary/aromatic N) is 3. The van der Waals surface area contributed by atoms with Gasteiger partial charge in [0.2, 0.25) is 5.88 Å². The van der Waals surface area contributed by atoms with Gasteiger partial charge >= 0.3 is 12.2 Å². The third kappa shape index (κ3) is 6.26. The number of pyridine rings is 1. The molecule has 0 radical (unpaired) electrons. The van der Waals surface area contributed by atoms with E-state index in [4.69, 9.17) is 25.1 Å². The van der Waals surface area contributed by atoms with Crippen molar-refractivity contribution in [2.75, 3.05) is 57.1 Å². The van der Waals surface area contributed by atoms with E-state index in [1.54, 1.807) is 6.92 Å². The van der Waals surface area contributed by atoms with Gasteiger partial charge in [-0.05, 0) is 38.4 Å². The first kappa shape index (κ1) is 29.4. The Bertz CT molecular complexity index is 1370. The summed E-state index contributed by atoms with van der Waals surface area (Å²) in [4.78, 5) is 12.6. The third-order valence-electron chi connectivity index (χ3n) is 6.13. The molecule has 2 aromatic heterocycles. The molecule has 0 bridgehead atoms. The fraction of sp³-hybridized carbons (Fsp3) is 0.480. The summed E-state index contributed by atoms with van der Waals surface area (Å²) in [6.07, 6.45) is -5.02. The number of rotatable bonds is 7. The lowest BCUT2D eigenvalue weighted by Crippen LogP contribution is -2.26. The Hall–Kier alpha value is -3.56. The highest BCUT2D eigenvalue weighted by Crippen LogP contribution is 2.44. The van der Waals surface area contributed by atoms with Crippen molar-refractivity contribution in [2.45, 2.75) is 32.5 Å². The van der Waals surface area contributed by atoms with Crippen LogP contribution < -0.4 is 25.8 Å². The van der Waals surface area contributed by atoms with Gasteiger partial charge in [-0.1, -0.05) is 0 Å². The largest absolute Gasteiger partial charge is 0.474 e. The zero-order valence-corrected chi connectivity index (χ0v) is 21.8. The van der Waals surface area contributed by atoms with E-state index in [2.05, 4.69) is 25.6 Å². The summed E-state index contributed by atoms with van der Waals surface area (Å²) in [6, 6.07) is 0.413. The summed E-state index contributed by atoms with van der Waals surface area (Å²) >= 11 is 0. The number of benzene rings is 1. The van der Waals surface area contributed by atoms with Crippen molar-refractivity contribution < 1.29 is 41.3 Å². The van der Waals surface area contributed by atoms with Crippen molar-refractivity contribution in [3.05, 3.63) is 28.8 Å². The highest BCUT2D eigenvalue weighted by molar-refractivity contribution is 5.96. The molecule has 0 saturated heterocycles. The van der Waals surface area contributed by atoms with Crippen LogP contribution in [0.1, 0.15) is 24.5 Å². The van der Waals surface area contributed by atoms with Gasteiger partial charge in [0.25, 0.3) is 0 Å². The molecule has 3 heterocycles. The van der Waals surface area contributed by atoms with Crippen LogP contribution >= 0.6 is 0 Å². The molecule has 3 aromatic rings. The Morgan fingerprint density at radius 2 is 1.88 bits per heavy atom. The first-order valence-electron chi connectivity index (χ1n) is 12.5. The van der Waals surface area contributed by atoms with Crippen molar-refractivity contribution in [3.8, 4) is 23.1 Å². The number of aliphatic hydroxyl groups excluding tert-OH is 1. The molecule has 10 nitrogen and oxygen atoms in total. The lowest BCUT2D eigenvalue weighted by Gasteiger charge is -2.21. The van der Waals surface area contributed by atoms with Crippen LogP contribution in [0.3, 0.4) is 0 Å². The molecule has 0 fully saturated rings. The van der Waals surface area contributed by atoms with E-state index in [0.29, 0.717) is 32.1 Å². The summed E-state index contributed by atoms with van der Waals surface area (Å²) in [7, 11) is 0. The van der Waals surface area contributed by atoms with E-state index in [1.807, 2.05) is 0 Å². The van der Waals surface area contributed by atoms with E-state index in [0.717, 1.165) is 6.92 Å². The molecule has 1 aliphatic heterocycles. The lowest BCUT2D eigenvalue weighted by molar-refractivity contribution is -0.137. The fourth-order valence-corrected chi connectivity index (χ4v) is 4.26. The number of nitrogen functional groups attached to an aromatic ring is 1. The minimum atomic E-state index is -5.06. The molecular weight excluding hydrogens is 543 g/mol. The third-order valence-corrected chi connectivity index (χ3v) is 6.13. The second kappa shape index (κ2) is 12.3. The molecule has 40 heavy (non-hydrogen) atoms. The van der Waals surface area contributed by atoms with Crippen LogP contribution in [-0.4, -0.2) is 72.2 Å². The highest BCUT2D eigenvalue weighted by atomic mass is 19.4. The van der Waals surface area contributed by atoms with Gasteiger partial charge < -0.3 is 35.7 Å². The van der Waals surface area contributed by atoms with Crippen LogP contribution in [0.4, 0.5) is 33.5 Å². The number of alkyl halides is 3. The summed E-state index contributed by atoms with van der Waals surface area (Å²) < 4.78 is 89.8. The molecule has 15 heteroatoms. The van der Waals surface area contributed by atoms with Crippen LogP contribution in [0.5, 0.6) is 11.9 Å². The van der Waals surface area contributed by atoms with Crippen molar-refractivity contribution in [1.29, 1.82) is 0 Å². The number of halogens is 5. The van der Waals surface area contributed by atoms with Gasteiger partial charge in [0.05, 0.1) is 37.2 Å².